The van der Waals surface area contributed by atoms with Crippen molar-refractivity contribution in [3.8, 4) is 0 Å². The van der Waals surface area contributed by atoms with Crippen LogP contribution in [0.2, 0.25) is 5.02 Å². The molecule has 0 aliphatic carbocycles. The minimum atomic E-state index is -0.467. The van der Waals surface area contributed by atoms with Crippen LogP contribution < -0.4 is 5.32 Å². The van der Waals surface area contributed by atoms with E-state index in [4.69, 9.17) is 11.6 Å². The summed E-state index contributed by atoms with van der Waals surface area (Å²) in [4.78, 5) is 38.3. The number of anilines is 1. The second-order valence-corrected chi connectivity index (χ2v) is 9.12. The summed E-state index contributed by atoms with van der Waals surface area (Å²) in [5, 5.41) is 2.74. The standard InChI is InChI=1S/C22H21ClN2O3S/c1-22(2,3)15-6-4-14(5-7-15)12-18-20(27)25(21(28)29-18)13-19(26)24-17-10-8-16(23)9-11-17/h4-12H,13H2,1-3H3,(H,24,26)/b18-12-. The van der Waals surface area contributed by atoms with Crippen LogP contribution in [0, 0.1) is 0 Å². The third-order valence-corrected chi connectivity index (χ3v) is 5.54. The minimum Gasteiger partial charge on any atom is -0.325 e. The predicted molar refractivity (Wildman–Crippen MR) is 118 cm³/mol. The van der Waals surface area contributed by atoms with Crippen molar-refractivity contribution >= 4 is 52.2 Å². The molecule has 1 aliphatic heterocycles. The van der Waals surface area contributed by atoms with Crippen molar-refractivity contribution in [1.29, 1.82) is 0 Å². The summed E-state index contributed by atoms with van der Waals surface area (Å²) in [6.07, 6.45) is 1.68. The van der Waals surface area contributed by atoms with Crippen LogP contribution in [-0.4, -0.2) is 28.5 Å². The Morgan fingerprint density at radius 1 is 1.07 bits per heavy atom. The number of nitrogens with one attached hydrogen (secondary N) is 1. The molecule has 3 rings (SSSR count). The lowest BCUT2D eigenvalue weighted by Crippen LogP contribution is -2.36. The van der Waals surface area contributed by atoms with Crippen LogP contribution in [0.3, 0.4) is 0 Å². The molecule has 1 fully saturated rings. The van der Waals surface area contributed by atoms with Gasteiger partial charge in [0.05, 0.1) is 4.91 Å². The Bertz CT molecular complexity index is 977. The monoisotopic (exact) mass is 428 g/mol. The second-order valence-electron chi connectivity index (χ2n) is 7.69. The number of rotatable bonds is 4. The zero-order valence-corrected chi connectivity index (χ0v) is 17.9. The molecule has 0 bridgehead atoms. The van der Waals surface area contributed by atoms with Gasteiger partial charge in [0.15, 0.2) is 0 Å². The number of thioether (sulfide) groups is 1. The Balaban J connectivity index is 1.68. The van der Waals surface area contributed by atoms with Crippen LogP contribution in [-0.2, 0) is 15.0 Å². The SMILES string of the molecule is CC(C)(C)c1ccc(/C=C2\SC(=O)N(CC(=O)Nc3ccc(Cl)cc3)C2=O)cc1. The van der Waals surface area contributed by atoms with Crippen LogP contribution >= 0.6 is 23.4 Å². The van der Waals surface area contributed by atoms with Gasteiger partial charge in [-0.1, -0.05) is 56.6 Å². The van der Waals surface area contributed by atoms with Crippen molar-refractivity contribution in [2.24, 2.45) is 0 Å². The third kappa shape index (κ3) is 5.28. The van der Waals surface area contributed by atoms with Crippen molar-refractivity contribution in [3.05, 3.63) is 69.6 Å². The van der Waals surface area contributed by atoms with Crippen molar-refractivity contribution in [2.75, 3.05) is 11.9 Å². The number of benzene rings is 2. The van der Waals surface area contributed by atoms with E-state index >= 15 is 0 Å². The molecule has 0 saturated carbocycles. The van der Waals surface area contributed by atoms with E-state index in [2.05, 4.69) is 26.1 Å². The number of carbonyl (C=O) groups excluding carboxylic acids is 3. The van der Waals surface area contributed by atoms with Gasteiger partial charge in [0.25, 0.3) is 11.1 Å². The van der Waals surface area contributed by atoms with Gasteiger partial charge in [-0.2, -0.15) is 0 Å². The van der Waals surface area contributed by atoms with E-state index in [1.54, 1.807) is 30.3 Å². The van der Waals surface area contributed by atoms with Gasteiger partial charge >= 0.3 is 0 Å². The fraction of sp³-hybridized carbons (Fsp3) is 0.227. The summed E-state index contributed by atoms with van der Waals surface area (Å²) >= 11 is 6.66. The average molecular weight is 429 g/mol. The Kier molecular flexibility index (Phi) is 6.15. The highest BCUT2D eigenvalue weighted by Gasteiger charge is 2.36. The first-order valence-corrected chi connectivity index (χ1v) is 10.2. The van der Waals surface area contributed by atoms with E-state index in [0.29, 0.717) is 15.6 Å². The molecular formula is C22H21ClN2O3S. The topological polar surface area (TPSA) is 66.5 Å². The Labute approximate surface area is 179 Å². The highest BCUT2D eigenvalue weighted by Crippen LogP contribution is 2.32. The van der Waals surface area contributed by atoms with Crippen LogP contribution in [0.25, 0.3) is 6.08 Å². The minimum absolute atomic E-state index is 0.0355. The number of amides is 3. The smallest absolute Gasteiger partial charge is 0.294 e. The van der Waals surface area contributed by atoms with Gasteiger partial charge in [0, 0.05) is 10.7 Å². The van der Waals surface area contributed by atoms with Gasteiger partial charge in [0.1, 0.15) is 6.54 Å². The van der Waals surface area contributed by atoms with E-state index < -0.39 is 17.1 Å². The summed E-state index contributed by atoms with van der Waals surface area (Å²) < 4.78 is 0. The van der Waals surface area contributed by atoms with Gasteiger partial charge in [0.2, 0.25) is 5.91 Å². The molecule has 1 N–H and O–H groups in total. The third-order valence-electron chi connectivity index (χ3n) is 4.38. The fourth-order valence-electron chi connectivity index (χ4n) is 2.74. The number of hydrogen-bond acceptors (Lipinski definition) is 4. The van der Waals surface area contributed by atoms with Gasteiger partial charge in [-0.15, -0.1) is 0 Å². The first-order valence-electron chi connectivity index (χ1n) is 9.05. The summed E-state index contributed by atoms with van der Waals surface area (Å²) in [5.74, 6) is -0.920. The highest BCUT2D eigenvalue weighted by molar-refractivity contribution is 8.18. The highest BCUT2D eigenvalue weighted by atomic mass is 35.5. The number of carbonyl (C=O) groups is 3. The Morgan fingerprint density at radius 2 is 1.69 bits per heavy atom. The summed E-state index contributed by atoms with van der Waals surface area (Å²) in [5.41, 5.74) is 2.59. The molecule has 5 nitrogen and oxygen atoms in total. The molecule has 7 heteroatoms. The molecule has 0 aromatic heterocycles. The first kappa shape index (κ1) is 21.1. The molecule has 150 valence electrons. The molecule has 2 aromatic rings. The van der Waals surface area contributed by atoms with E-state index in [9.17, 15) is 14.4 Å². The molecule has 1 heterocycles. The molecule has 0 unspecified atom stereocenters. The van der Waals surface area contributed by atoms with Crippen molar-refractivity contribution in [1.82, 2.24) is 4.90 Å². The number of halogens is 1. The van der Waals surface area contributed by atoms with Gasteiger partial charge in [-0.3, -0.25) is 19.3 Å². The Hall–Kier alpha value is -2.57. The quantitative estimate of drug-likeness (QED) is 0.670. The molecule has 0 radical (unpaired) electrons. The van der Waals surface area contributed by atoms with Gasteiger partial charge in [-0.25, -0.2) is 0 Å². The Morgan fingerprint density at radius 3 is 2.28 bits per heavy atom. The molecule has 1 saturated heterocycles. The zero-order chi connectivity index (χ0) is 21.2. The maximum atomic E-state index is 12.6. The predicted octanol–water partition coefficient (Wildman–Crippen LogP) is 5.31. The molecular weight excluding hydrogens is 408 g/mol. The fourth-order valence-corrected chi connectivity index (χ4v) is 3.71. The van der Waals surface area contributed by atoms with E-state index in [0.717, 1.165) is 22.2 Å². The van der Waals surface area contributed by atoms with Gasteiger partial charge in [-0.05, 0) is 58.6 Å². The molecule has 0 spiro atoms. The van der Waals surface area contributed by atoms with Crippen LogP contribution in [0.5, 0.6) is 0 Å². The normalized spacial score (nSPS) is 15.9. The summed E-state index contributed by atoms with van der Waals surface area (Å²) in [6.45, 7) is 6.04. The number of nitrogens with zero attached hydrogens (tertiary/aromatic N) is 1. The van der Waals surface area contributed by atoms with Crippen molar-refractivity contribution in [2.45, 2.75) is 26.2 Å². The van der Waals surface area contributed by atoms with E-state index in [1.807, 2.05) is 24.3 Å². The van der Waals surface area contributed by atoms with Crippen molar-refractivity contribution in [3.63, 3.8) is 0 Å². The molecule has 1 aliphatic rings. The summed E-state index contributed by atoms with van der Waals surface area (Å²) in [7, 11) is 0. The van der Waals surface area contributed by atoms with E-state index in [1.165, 1.54) is 5.56 Å². The zero-order valence-electron chi connectivity index (χ0n) is 16.4. The largest absolute Gasteiger partial charge is 0.325 e. The lowest BCUT2D eigenvalue weighted by atomic mass is 9.87. The maximum absolute atomic E-state index is 12.6. The summed E-state index contributed by atoms with van der Waals surface area (Å²) in [6, 6.07) is 14.4. The number of imide groups is 1. The molecule has 3 amide bonds. The lowest BCUT2D eigenvalue weighted by molar-refractivity contribution is -0.127. The van der Waals surface area contributed by atoms with E-state index in [-0.39, 0.29) is 12.0 Å². The van der Waals surface area contributed by atoms with Crippen LogP contribution in [0.1, 0.15) is 31.9 Å². The second kappa shape index (κ2) is 8.43. The molecule has 29 heavy (non-hydrogen) atoms. The lowest BCUT2D eigenvalue weighted by Gasteiger charge is -2.18. The molecule has 2 aromatic carbocycles. The first-order chi connectivity index (χ1) is 13.6. The van der Waals surface area contributed by atoms with Crippen LogP contribution in [0.15, 0.2) is 53.4 Å². The number of hydrogen-bond donors (Lipinski definition) is 1. The van der Waals surface area contributed by atoms with Crippen molar-refractivity contribution < 1.29 is 14.4 Å². The average Bonchev–Trinajstić information content (AvgIpc) is 2.91. The van der Waals surface area contributed by atoms with Crippen LogP contribution in [0.4, 0.5) is 10.5 Å². The molecule has 0 atom stereocenters. The van der Waals surface area contributed by atoms with Gasteiger partial charge < -0.3 is 5.32 Å². The maximum Gasteiger partial charge on any atom is 0.294 e.